The molecular formula is C23H16N4O6. The minimum absolute atomic E-state index is 0.0689. The number of carbonyl (C=O) groups is 1. The molecule has 0 saturated heterocycles. The van der Waals surface area contributed by atoms with E-state index in [1.54, 1.807) is 24.3 Å². The molecule has 0 atom stereocenters. The van der Waals surface area contributed by atoms with E-state index in [2.05, 4.69) is 4.99 Å². The predicted molar refractivity (Wildman–Crippen MR) is 121 cm³/mol. The monoisotopic (exact) mass is 444 g/mol. The number of non-ortho nitro benzene ring substituents is 2. The molecule has 3 aromatic carbocycles. The second-order valence-corrected chi connectivity index (χ2v) is 6.93. The number of carbonyl (C=O) groups excluding carboxylic acids is 1. The van der Waals surface area contributed by atoms with Crippen LogP contribution in [-0.4, -0.2) is 28.7 Å². The number of ether oxygens (including phenoxy) is 1. The molecule has 1 aliphatic rings. The maximum absolute atomic E-state index is 13.4. The summed E-state index contributed by atoms with van der Waals surface area (Å²) in [5.41, 5.74) is 1.35. The van der Waals surface area contributed by atoms with Gasteiger partial charge >= 0.3 is 0 Å². The number of rotatable bonds is 6. The first-order chi connectivity index (χ1) is 15.9. The van der Waals surface area contributed by atoms with Crippen LogP contribution in [0.5, 0.6) is 5.75 Å². The fraction of sp³-hybridized carbons (Fsp3) is 0.0435. The van der Waals surface area contributed by atoms with E-state index >= 15 is 0 Å². The van der Waals surface area contributed by atoms with Crippen LogP contribution < -0.4 is 9.64 Å². The van der Waals surface area contributed by atoms with Gasteiger partial charge in [0.05, 0.1) is 28.7 Å². The van der Waals surface area contributed by atoms with Gasteiger partial charge < -0.3 is 4.74 Å². The van der Waals surface area contributed by atoms with Gasteiger partial charge in [-0.1, -0.05) is 30.3 Å². The number of hydrogen-bond acceptors (Lipinski definition) is 7. The Hall–Kier alpha value is -4.86. The summed E-state index contributed by atoms with van der Waals surface area (Å²) >= 11 is 0. The Morgan fingerprint density at radius 3 is 2.15 bits per heavy atom. The van der Waals surface area contributed by atoms with Crippen LogP contribution in [0.3, 0.4) is 0 Å². The van der Waals surface area contributed by atoms with Crippen molar-refractivity contribution in [2.24, 2.45) is 4.99 Å². The Labute approximate surface area is 187 Å². The minimum atomic E-state index is -0.551. The Morgan fingerprint density at radius 2 is 1.55 bits per heavy atom. The molecule has 0 spiro atoms. The standard InChI is InChI=1S/C23H16N4O6/c1-33-21-14-18(27(31)32)11-12-20(21)25-22(16-5-3-2-4-6-16)24-19(23(25)28)13-15-7-9-17(10-8-15)26(29)30/h2-14H,1H3/b19-13-. The summed E-state index contributed by atoms with van der Waals surface area (Å²) in [6.07, 6.45) is 1.52. The maximum atomic E-state index is 13.4. The second kappa shape index (κ2) is 8.71. The van der Waals surface area contributed by atoms with E-state index in [4.69, 9.17) is 4.74 Å². The number of amides is 1. The Bertz CT molecular complexity index is 1320. The van der Waals surface area contributed by atoms with Gasteiger partial charge in [-0.15, -0.1) is 0 Å². The molecular weight excluding hydrogens is 428 g/mol. The number of benzene rings is 3. The van der Waals surface area contributed by atoms with Crippen molar-refractivity contribution in [3.63, 3.8) is 0 Å². The maximum Gasteiger partial charge on any atom is 0.282 e. The zero-order chi connectivity index (χ0) is 23.5. The van der Waals surface area contributed by atoms with Gasteiger partial charge in [-0.25, -0.2) is 4.99 Å². The van der Waals surface area contributed by atoms with Crippen LogP contribution in [0, 0.1) is 20.2 Å². The summed E-state index contributed by atoms with van der Waals surface area (Å²) in [5.74, 6) is -0.0157. The van der Waals surface area contributed by atoms with E-state index in [1.807, 2.05) is 6.07 Å². The van der Waals surface area contributed by atoms with Crippen molar-refractivity contribution in [3.8, 4) is 5.75 Å². The quantitative estimate of drug-likeness (QED) is 0.316. The summed E-state index contributed by atoms with van der Waals surface area (Å²) in [6.45, 7) is 0. The molecule has 1 amide bonds. The molecule has 1 aliphatic heterocycles. The molecule has 4 rings (SSSR count). The lowest BCUT2D eigenvalue weighted by Crippen LogP contribution is -2.33. The number of aliphatic imine (C=N–C) groups is 1. The molecule has 0 N–H and O–H groups in total. The van der Waals surface area contributed by atoms with Crippen LogP contribution in [0.4, 0.5) is 17.1 Å². The molecule has 1 heterocycles. The van der Waals surface area contributed by atoms with Gasteiger partial charge in [0.15, 0.2) is 0 Å². The molecule has 0 fully saturated rings. The van der Waals surface area contributed by atoms with E-state index in [0.29, 0.717) is 22.6 Å². The number of hydrogen-bond donors (Lipinski definition) is 0. The van der Waals surface area contributed by atoms with Crippen molar-refractivity contribution in [3.05, 3.63) is 110 Å². The van der Waals surface area contributed by atoms with Crippen molar-refractivity contribution < 1.29 is 19.4 Å². The summed E-state index contributed by atoms with van der Waals surface area (Å²) in [7, 11) is 1.36. The normalized spacial score (nSPS) is 14.3. The van der Waals surface area contributed by atoms with Crippen LogP contribution in [0.15, 0.2) is 83.5 Å². The van der Waals surface area contributed by atoms with Crippen LogP contribution in [0.1, 0.15) is 11.1 Å². The van der Waals surface area contributed by atoms with E-state index in [9.17, 15) is 25.0 Å². The smallest absolute Gasteiger partial charge is 0.282 e. The zero-order valence-corrected chi connectivity index (χ0v) is 17.2. The van der Waals surface area contributed by atoms with Gasteiger partial charge in [0.2, 0.25) is 0 Å². The molecule has 33 heavy (non-hydrogen) atoms. The molecule has 0 saturated carbocycles. The number of amidine groups is 1. The summed E-state index contributed by atoms with van der Waals surface area (Å²) in [4.78, 5) is 40.2. The van der Waals surface area contributed by atoms with Gasteiger partial charge in [-0.3, -0.25) is 29.9 Å². The highest BCUT2D eigenvalue weighted by Crippen LogP contribution is 2.36. The molecule has 0 bridgehead atoms. The summed E-state index contributed by atoms with van der Waals surface area (Å²) in [6, 6.07) is 18.7. The SMILES string of the molecule is COc1cc([N+](=O)[O-])ccc1N1C(=O)/C(=C/c2ccc([N+](=O)[O-])cc2)N=C1c1ccccc1. The topological polar surface area (TPSA) is 128 Å². The highest BCUT2D eigenvalue weighted by atomic mass is 16.6. The highest BCUT2D eigenvalue weighted by Gasteiger charge is 2.34. The van der Waals surface area contributed by atoms with E-state index in [1.165, 1.54) is 60.6 Å². The van der Waals surface area contributed by atoms with Crippen molar-refractivity contribution in [2.75, 3.05) is 12.0 Å². The zero-order valence-electron chi connectivity index (χ0n) is 17.2. The third-order valence-corrected chi connectivity index (χ3v) is 4.91. The lowest BCUT2D eigenvalue weighted by molar-refractivity contribution is -0.385. The largest absolute Gasteiger partial charge is 0.494 e. The predicted octanol–water partition coefficient (Wildman–Crippen LogP) is 4.35. The first-order valence-corrected chi connectivity index (χ1v) is 9.66. The van der Waals surface area contributed by atoms with Gasteiger partial charge in [-0.2, -0.15) is 0 Å². The lowest BCUT2D eigenvalue weighted by atomic mass is 10.1. The van der Waals surface area contributed by atoms with Gasteiger partial charge in [0, 0.05) is 23.8 Å². The molecule has 0 aromatic heterocycles. The Morgan fingerprint density at radius 1 is 0.909 bits per heavy atom. The van der Waals surface area contributed by atoms with Crippen LogP contribution >= 0.6 is 0 Å². The molecule has 10 nitrogen and oxygen atoms in total. The molecule has 0 unspecified atom stereocenters. The third kappa shape index (κ3) is 4.17. The highest BCUT2D eigenvalue weighted by molar-refractivity contribution is 6.33. The number of nitro benzene ring substituents is 2. The van der Waals surface area contributed by atoms with Crippen LogP contribution in [0.25, 0.3) is 6.08 Å². The third-order valence-electron chi connectivity index (χ3n) is 4.91. The molecule has 3 aromatic rings. The fourth-order valence-electron chi connectivity index (χ4n) is 3.34. The van der Waals surface area contributed by atoms with E-state index < -0.39 is 15.8 Å². The number of nitro groups is 2. The summed E-state index contributed by atoms with van der Waals surface area (Å²) < 4.78 is 5.33. The van der Waals surface area contributed by atoms with Gasteiger partial charge in [0.25, 0.3) is 17.3 Å². The Kier molecular flexibility index (Phi) is 5.64. The molecule has 164 valence electrons. The lowest BCUT2D eigenvalue weighted by Gasteiger charge is -2.20. The molecule has 0 aliphatic carbocycles. The minimum Gasteiger partial charge on any atom is -0.494 e. The number of methoxy groups -OCH3 is 1. The van der Waals surface area contributed by atoms with Crippen LogP contribution in [0.2, 0.25) is 0 Å². The summed E-state index contributed by atoms with van der Waals surface area (Å²) in [5, 5.41) is 22.1. The first-order valence-electron chi connectivity index (χ1n) is 9.66. The van der Waals surface area contributed by atoms with Gasteiger partial charge in [-0.05, 0) is 29.8 Å². The van der Waals surface area contributed by atoms with Crippen LogP contribution in [-0.2, 0) is 4.79 Å². The first kappa shape index (κ1) is 21.4. The number of nitrogens with zero attached hydrogens (tertiary/aromatic N) is 4. The average molecular weight is 444 g/mol. The second-order valence-electron chi connectivity index (χ2n) is 6.93. The average Bonchev–Trinajstić information content (AvgIpc) is 3.15. The van der Waals surface area contributed by atoms with Crippen molar-refractivity contribution >= 4 is 34.9 Å². The van der Waals surface area contributed by atoms with E-state index in [0.717, 1.165) is 0 Å². The molecule has 0 radical (unpaired) electrons. The van der Waals surface area contributed by atoms with Crippen molar-refractivity contribution in [1.82, 2.24) is 0 Å². The molecule has 10 heteroatoms. The van der Waals surface area contributed by atoms with Crippen molar-refractivity contribution in [1.29, 1.82) is 0 Å². The number of anilines is 1. The fourth-order valence-corrected chi connectivity index (χ4v) is 3.34. The Balaban J connectivity index is 1.82. The van der Waals surface area contributed by atoms with E-state index in [-0.39, 0.29) is 22.8 Å². The van der Waals surface area contributed by atoms with Gasteiger partial charge in [0.1, 0.15) is 17.3 Å². The van der Waals surface area contributed by atoms with Crippen molar-refractivity contribution in [2.45, 2.75) is 0 Å².